The van der Waals surface area contributed by atoms with E-state index in [0.29, 0.717) is 18.0 Å². The zero-order valence-electron chi connectivity index (χ0n) is 12.5. The number of rotatable bonds is 7. The van der Waals surface area contributed by atoms with E-state index < -0.39 is 4.92 Å². The van der Waals surface area contributed by atoms with Gasteiger partial charge in [-0.15, -0.1) is 11.8 Å². The first-order valence-electron chi connectivity index (χ1n) is 6.90. The molecule has 0 spiro atoms. The second kappa shape index (κ2) is 8.19. The van der Waals surface area contributed by atoms with Crippen LogP contribution in [0.4, 0.5) is 5.69 Å². The first-order valence-corrected chi connectivity index (χ1v) is 8.13. The highest BCUT2D eigenvalue weighted by Crippen LogP contribution is 2.28. The van der Waals surface area contributed by atoms with Gasteiger partial charge in [-0.25, -0.2) is 0 Å². The zero-order valence-corrected chi connectivity index (χ0v) is 13.3. The molecule has 0 saturated carbocycles. The van der Waals surface area contributed by atoms with Crippen molar-refractivity contribution in [3.05, 3.63) is 64.2 Å². The van der Waals surface area contributed by atoms with Gasteiger partial charge in [0.1, 0.15) is 12.4 Å². The SMILES string of the molecule is CSc1ccc(C(=O)NCCOc2ccccc2)cc1[N+](=O)[O-]. The van der Waals surface area contributed by atoms with Crippen molar-refractivity contribution in [2.45, 2.75) is 4.90 Å². The minimum Gasteiger partial charge on any atom is -0.492 e. The Morgan fingerprint density at radius 3 is 2.65 bits per heavy atom. The molecule has 23 heavy (non-hydrogen) atoms. The monoisotopic (exact) mass is 332 g/mol. The highest BCUT2D eigenvalue weighted by Gasteiger charge is 2.16. The van der Waals surface area contributed by atoms with Crippen molar-refractivity contribution in [1.29, 1.82) is 0 Å². The van der Waals surface area contributed by atoms with Crippen LogP contribution in [0.3, 0.4) is 0 Å². The number of thioether (sulfide) groups is 1. The van der Waals surface area contributed by atoms with Crippen LogP contribution in [0, 0.1) is 10.1 Å². The Morgan fingerprint density at radius 2 is 2.00 bits per heavy atom. The number of benzene rings is 2. The lowest BCUT2D eigenvalue weighted by Crippen LogP contribution is -2.28. The van der Waals surface area contributed by atoms with Gasteiger partial charge in [0.25, 0.3) is 11.6 Å². The molecule has 0 bridgehead atoms. The molecule has 0 saturated heterocycles. The summed E-state index contributed by atoms with van der Waals surface area (Å²) < 4.78 is 5.46. The zero-order chi connectivity index (χ0) is 16.7. The molecule has 2 aromatic rings. The van der Waals surface area contributed by atoms with Crippen molar-refractivity contribution in [1.82, 2.24) is 5.32 Å². The van der Waals surface area contributed by atoms with E-state index in [1.165, 1.54) is 17.8 Å². The smallest absolute Gasteiger partial charge is 0.283 e. The topological polar surface area (TPSA) is 81.5 Å². The number of nitro benzene ring substituents is 1. The highest BCUT2D eigenvalue weighted by atomic mass is 32.2. The Hall–Kier alpha value is -2.54. The summed E-state index contributed by atoms with van der Waals surface area (Å²) in [6.45, 7) is 0.631. The molecule has 0 aliphatic rings. The lowest BCUT2D eigenvalue weighted by molar-refractivity contribution is -0.387. The normalized spacial score (nSPS) is 10.1. The third-order valence-corrected chi connectivity index (χ3v) is 3.82. The molecule has 1 amide bonds. The van der Waals surface area contributed by atoms with Crippen molar-refractivity contribution in [2.75, 3.05) is 19.4 Å². The van der Waals surface area contributed by atoms with E-state index in [1.807, 2.05) is 30.3 Å². The minimum absolute atomic E-state index is 0.0642. The van der Waals surface area contributed by atoms with E-state index in [0.717, 1.165) is 5.75 Å². The Labute approximate surface area is 138 Å². The number of nitrogens with one attached hydrogen (secondary N) is 1. The molecule has 0 aliphatic carbocycles. The highest BCUT2D eigenvalue weighted by molar-refractivity contribution is 7.98. The molecule has 0 aliphatic heterocycles. The number of carbonyl (C=O) groups excluding carboxylic acids is 1. The van der Waals surface area contributed by atoms with Crippen molar-refractivity contribution >= 4 is 23.4 Å². The Morgan fingerprint density at radius 1 is 1.26 bits per heavy atom. The Kier molecular flexibility index (Phi) is 5.99. The molecule has 2 rings (SSSR count). The van der Waals surface area contributed by atoms with Gasteiger partial charge in [-0.3, -0.25) is 14.9 Å². The summed E-state index contributed by atoms with van der Waals surface area (Å²) in [7, 11) is 0. The summed E-state index contributed by atoms with van der Waals surface area (Å²) >= 11 is 1.27. The molecule has 1 N–H and O–H groups in total. The Bertz CT molecular complexity index is 692. The molecule has 0 fully saturated rings. The summed E-state index contributed by atoms with van der Waals surface area (Å²) in [6.07, 6.45) is 1.75. The maximum Gasteiger partial charge on any atom is 0.283 e. The van der Waals surface area contributed by atoms with Crippen LogP contribution < -0.4 is 10.1 Å². The van der Waals surface area contributed by atoms with Gasteiger partial charge in [-0.05, 0) is 30.5 Å². The van der Waals surface area contributed by atoms with Gasteiger partial charge in [-0.1, -0.05) is 18.2 Å². The van der Waals surface area contributed by atoms with E-state index in [4.69, 9.17) is 4.74 Å². The van der Waals surface area contributed by atoms with Crippen LogP contribution >= 0.6 is 11.8 Å². The minimum atomic E-state index is -0.485. The molecule has 0 unspecified atom stereocenters. The molecule has 0 atom stereocenters. The van der Waals surface area contributed by atoms with E-state index in [2.05, 4.69) is 5.32 Å². The van der Waals surface area contributed by atoms with Gasteiger partial charge in [0.2, 0.25) is 0 Å². The standard InChI is InChI=1S/C16H16N2O4S/c1-23-15-8-7-12(11-14(15)18(20)21)16(19)17-9-10-22-13-5-3-2-4-6-13/h2-8,11H,9-10H2,1H3,(H,17,19). The van der Waals surface area contributed by atoms with Crippen molar-refractivity contribution in [2.24, 2.45) is 0 Å². The quantitative estimate of drug-likeness (QED) is 0.365. The fraction of sp³-hybridized carbons (Fsp3) is 0.188. The van der Waals surface area contributed by atoms with E-state index in [1.54, 1.807) is 18.4 Å². The van der Waals surface area contributed by atoms with Gasteiger partial charge in [0.15, 0.2) is 0 Å². The maximum absolute atomic E-state index is 12.0. The first kappa shape index (κ1) is 16.8. The van der Waals surface area contributed by atoms with E-state index >= 15 is 0 Å². The molecular weight excluding hydrogens is 316 g/mol. The van der Waals surface area contributed by atoms with Gasteiger partial charge in [0.05, 0.1) is 16.4 Å². The van der Waals surface area contributed by atoms with Crippen LogP contribution in [0.1, 0.15) is 10.4 Å². The van der Waals surface area contributed by atoms with Crippen LogP contribution in [0.2, 0.25) is 0 Å². The second-order valence-corrected chi connectivity index (χ2v) is 5.41. The van der Waals surface area contributed by atoms with Gasteiger partial charge in [0, 0.05) is 11.6 Å². The largest absolute Gasteiger partial charge is 0.492 e. The van der Waals surface area contributed by atoms with Gasteiger partial charge >= 0.3 is 0 Å². The number of nitrogens with zero attached hydrogens (tertiary/aromatic N) is 1. The number of ether oxygens (including phenoxy) is 1. The lowest BCUT2D eigenvalue weighted by Gasteiger charge is -2.08. The predicted octanol–water partition coefficient (Wildman–Crippen LogP) is 3.13. The fourth-order valence-corrected chi connectivity index (χ4v) is 2.47. The first-order chi connectivity index (χ1) is 11.1. The van der Waals surface area contributed by atoms with E-state index in [-0.39, 0.29) is 17.2 Å². The van der Waals surface area contributed by atoms with Crippen LogP contribution in [-0.4, -0.2) is 30.2 Å². The molecule has 0 aromatic heterocycles. The van der Waals surface area contributed by atoms with Crippen LogP contribution in [-0.2, 0) is 0 Å². The molecule has 7 heteroatoms. The third-order valence-electron chi connectivity index (χ3n) is 3.04. The molecule has 2 aromatic carbocycles. The number of para-hydroxylation sites is 1. The number of amides is 1. The summed E-state index contributed by atoms with van der Waals surface area (Å²) in [4.78, 5) is 23.1. The molecule has 6 nitrogen and oxygen atoms in total. The summed E-state index contributed by atoms with van der Waals surface area (Å²) in [5.41, 5.74) is 0.194. The van der Waals surface area contributed by atoms with Gasteiger partial charge < -0.3 is 10.1 Å². The lowest BCUT2D eigenvalue weighted by atomic mass is 10.2. The molecule has 0 radical (unpaired) electrons. The summed E-state index contributed by atoms with van der Waals surface area (Å²) in [6, 6.07) is 13.7. The average molecular weight is 332 g/mol. The summed E-state index contributed by atoms with van der Waals surface area (Å²) in [5, 5.41) is 13.7. The fourth-order valence-electron chi connectivity index (χ4n) is 1.93. The number of carbonyl (C=O) groups is 1. The van der Waals surface area contributed by atoms with Crippen LogP contribution in [0.25, 0.3) is 0 Å². The summed E-state index contributed by atoms with van der Waals surface area (Å²) in [5.74, 6) is 0.360. The molecular formula is C16H16N2O4S. The van der Waals surface area contributed by atoms with Crippen molar-refractivity contribution in [3.8, 4) is 5.75 Å². The number of hydrogen-bond donors (Lipinski definition) is 1. The average Bonchev–Trinajstić information content (AvgIpc) is 2.58. The Balaban J connectivity index is 1.90. The molecule has 120 valence electrons. The van der Waals surface area contributed by atoms with Crippen LogP contribution in [0.5, 0.6) is 5.75 Å². The van der Waals surface area contributed by atoms with Crippen LogP contribution in [0.15, 0.2) is 53.4 Å². The maximum atomic E-state index is 12.0. The van der Waals surface area contributed by atoms with Crippen molar-refractivity contribution < 1.29 is 14.5 Å². The number of nitro groups is 1. The van der Waals surface area contributed by atoms with Gasteiger partial charge in [-0.2, -0.15) is 0 Å². The third kappa shape index (κ3) is 4.72. The number of hydrogen-bond acceptors (Lipinski definition) is 5. The second-order valence-electron chi connectivity index (χ2n) is 4.56. The van der Waals surface area contributed by atoms with Crippen molar-refractivity contribution in [3.63, 3.8) is 0 Å². The molecule has 0 heterocycles. The predicted molar refractivity (Wildman–Crippen MR) is 89.1 cm³/mol. The van der Waals surface area contributed by atoms with E-state index in [9.17, 15) is 14.9 Å².